The number of aryl methyl sites for hydroxylation is 2. The van der Waals surface area contributed by atoms with Crippen LogP contribution in [-0.2, 0) is 4.79 Å². The molecular formula is C18H17F2NO2. The van der Waals surface area contributed by atoms with E-state index in [1.54, 1.807) is 13.2 Å². The van der Waals surface area contributed by atoms with E-state index in [1.807, 2.05) is 26.0 Å². The van der Waals surface area contributed by atoms with Gasteiger partial charge in [0.05, 0.1) is 12.8 Å². The van der Waals surface area contributed by atoms with Crippen LogP contribution in [0, 0.1) is 25.5 Å². The molecule has 0 aliphatic heterocycles. The summed E-state index contributed by atoms with van der Waals surface area (Å²) in [4.78, 5) is 11.9. The standard InChI is InChI=1S/C18H17F2NO2/c1-11-8-14(23-3)9-12(2)15(11)5-7-18(22)21-17-10-13(19)4-6-16(17)20/h4-10H,1-3H3,(H,21,22)/b7-5+. The number of carbonyl (C=O) groups excluding carboxylic acids is 1. The average molecular weight is 317 g/mol. The highest BCUT2D eigenvalue weighted by Crippen LogP contribution is 2.23. The van der Waals surface area contributed by atoms with Crippen LogP contribution in [0.1, 0.15) is 16.7 Å². The molecule has 0 aliphatic rings. The Labute approximate surface area is 133 Å². The number of carbonyl (C=O) groups is 1. The van der Waals surface area contributed by atoms with Crippen molar-refractivity contribution in [3.05, 3.63) is 64.7 Å². The highest BCUT2D eigenvalue weighted by molar-refractivity contribution is 6.02. The lowest BCUT2D eigenvalue weighted by molar-refractivity contribution is -0.111. The molecule has 1 N–H and O–H groups in total. The molecule has 120 valence electrons. The highest BCUT2D eigenvalue weighted by Gasteiger charge is 2.07. The average Bonchev–Trinajstić information content (AvgIpc) is 2.49. The molecule has 0 unspecified atom stereocenters. The molecule has 0 saturated heterocycles. The fraction of sp³-hybridized carbons (Fsp3) is 0.167. The largest absolute Gasteiger partial charge is 0.497 e. The van der Waals surface area contributed by atoms with E-state index in [0.717, 1.165) is 40.6 Å². The zero-order chi connectivity index (χ0) is 17.0. The Morgan fingerprint density at radius 3 is 2.39 bits per heavy atom. The van der Waals surface area contributed by atoms with Crippen LogP contribution in [0.25, 0.3) is 6.08 Å². The fourth-order valence-electron chi connectivity index (χ4n) is 2.24. The van der Waals surface area contributed by atoms with Gasteiger partial charge in [-0.3, -0.25) is 4.79 Å². The third kappa shape index (κ3) is 4.16. The van der Waals surface area contributed by atoms with Gasteiger partial charge in [0.1, 0.15) is 17.4 Å². The topological polar surface area (TPSA) is 38.3 Å². The normalized spacial score (nSPS) is 10.8. The van der Waals surface area contributed by atoms with E-state index < -0.39 is 17.5 Å². The first-order valence-corrected chi connectivity index (χ1v) is 7.00. The molecule has 0 spiro atoms. The van der Waals surface area contributed by atoms with E-state index in [9.17, 15) is 13.6 Å². The van der Waals surface area contributed by atoms with Gasteiger partial charge in [-0.2, -0.15) is 0 Å². The highest BCUT2D eigenvalue weighted by atomic mass is 19.1. The number of methoxy groups -OCH3 is 1. The second kappa shape index (κ2) is 7.05. The summed E-state index contributed by atoms with van der Waals surface area (Å²) < 4.78 is 31.7. The lowest BCUT2D eigenvalue weighted by Crippen LogP contribution is -2.09. The summed E-state index contributed by atoms with van der Waals surface area (Å²) in [6, 6.07) is 6.61. The van der Waals surface area contributed by atoms with E-state index in [2.05, 4.69) is 5.32 Å². The van der Waals surface area contributed by atoms with Gasteiger partial charge in [-0.15, -0.1) is 0 Å². The quantitative estimate of drug-likeness (QED) is 0.857. The molecule has 0 fully saturated rings. The molecule has 1 amide bonds. The molecule has 0 atom stereocenters. The number of hydrogen-bond acceptors (Lipinski definition) is 2. The van der Waals surface area contributed by atoms with Crippen LogP contribution in [0.4, 0.5) is 14.5 Å². The van der Waals surface area contributed by atoms with Crippen molar-refractivity contribution in [2.75, 3.05) is 12.4 Å². The van der Waals surface area contributed by atoms with Gasteiger partial charge in [-0.05, 0) is 60.9 Å². The molecule has 0 aromatic heterocycles. The summed E-state index contributed by atoms with van der Waals surface area (Å²) in [6.07, 6.45) is 2.92. The molecule has 0 aliphatic carbocycles. The Kier molecular flexibility index (Phi) is 5.11. The third-order valence-corrected chi connectivity index (χ3v) is 3.39. The molecule has 3 nitrogen and oxygen atoms in total. The maximum absolute atomic E-state index is 13.5. The Balaban J connectivity index is 2.17. The van der Waals surface area contributed by atoms with E-state index in [4.69, 9.17) is 4.74 Å². The monoisotopic (exact) mass is 317 g/mol. The van der Waals surface area contributed by atoms with Crippen LogP contribution in [0.3, 0.4) is 0 Å². The van der Waals surface area contributed by atoms with Crippen molar-refractivity contribution < 1.29 is 18.3 Å². The van der Waals surface area contributed by atoms with Gasteiger partial charge in [-0.25, -0.2) is 8.78 Å². The number of benzene rings is 2. The smallest absolute Gasteiger partial charge is 0.248 e. The van der Waals surface area contributed by atoms with Crippen molar-refractivity contribution in [2.45, 2.75) is 13.8 Å². The predicted octanol–water partition coefficient (Wildman–Crippen LogP) is 4.24. The van der Waals surface area contributed by atoms with Crippen molar-refractivity contribution in [2.24, 2.45) is 0 Å². The number of anilines is 1. The van der Waals surface area contributed by atoms with Crippen LogP contribution in [0.5, 0.6) is 5.75 Å². The van der Waals surface area contributed by atoms with Crippen LogP contribution in [0.2, 0.25) is 0 Å². The van der Waals surface area contributed by atoms with Crippen molar-refractivity contribution in [3.63, 3.8) is 0 Å². The van der Waals surface area contributed by atoms with Crippen molar-refractivity contribution in [1.82, 2.24) is 0 Å². The van der Waals surface area contributed by atoms with Crippen molar-refractivity contribution in [1.29, 1.82) is 0 Å². The summed E-state index contributed by atoms with van der Waals surface area (Å²) in [5.74, 6) is -1.11. The minimum absolute atomic E-state index is 0.192. The number of amides is 1. The maximum Gasteiger partial charge on any atom is 0.248 e. The van der Waals surface area contributed by atoms with Crippen LogP contribution >= 0.6 is 0 Å². The van der Waals surface area contributed by atoms with Gasteiger partial charge < -0.3 is 10.1 Å². The Morgan fingerprint density at radius 2 is 1.78 bits per heavy atom. The molecule has 0 radical (unpaired) electrons. The molecule has 23 heavy (non-hydrogen) atoms. The second-order valence-electron chi connectivity index (χ2n) is 5.12. The minimum Gasteiger partial charge on any atom is -0.497 e. The molecule has 0 heterocycles. The van der Waals surface area contributed by atoms with Gasteiger partial charge in [0.15, 0.2) is 0 Å². The van der Waals surface area contributed by atoms with Gasteiger partial charge in [-0.1, -0.05) is 0 Å². The van der Waals surface area contributed by atoms with E-state index in [-0.39, 0.29) is 5.69 Å². The molecule has 2 rings (SSSR count). The number of rotatable bonds is 4. The SMILES string of the molecule is COc1cc(C)c(/C=C/C(=O)Nc2cc(F)ccc2F)c(C)c1. The van der Waals surface area contributed by atoms with Crippen molar-refractivity contribution >= 4 is 17.7 Å². The first-order valence-electron chi connectivity index (χ1n) is 7.00. The van der Waals surface area contributed by atoms with E-state index >= 15 is 0 Å². The van der Waals surface area contributed by atoms with E-state index in [0.29, 0.717) is 0 Å². The maximum atomic E-state index is 13.5. The second-order valence-corrected chi connectivity index (χ2v) is 5.12. The zero-order valence-corrected chi connectivity index (χ0v) is 13.1. The first kappa shape index (κ1) is 16.7. The van der Waals surface area contributed by atoms with E-state index in [1.165, 1.54) is 6.08 Å². The number of halogens is 2. The molecule has 2 aromatic carbocycles. The van der Waals surface area contributed by atoms with Gasteiger partial charge in [0.25, 0.3) is 0 Å². The Morgan fingerprint density at radius 1 is 1.13 bits per heavy atom. The lowest BCUT2D eigenvalue weighted by Gasteiger charge is -2.09. The van der Waals surface area contributed by atoms with Crippen LogP contribution in [-0.4, -0.2) is 13.0 Å². The van der Waals surface area contributed by atoms with Crippen LogP contribution in [0.15, 0.2) is 36.4 Å². The predicted molar refractivity (Wildman–Crippen MR) is 86.5 cm³/mol. The minimum atomic E-state index is -0.690. The third-order valence-electron chi connectivity index (χ3n) is 3.39. The lowest BCUT2D eigenvalue weighted by atomic mass is 10.0. The summed E-state index contributed by atoms with van der Waals surface area (Å²) in [5.41, 5.74) is 2.58. The molecular weight excluding hydrogens is 300 g/mol. The van der Waals surface area contributed by atoms with Crippen LogP contribution < -0.4 is 10.1 Å². The van der Waals surface area contributed by atoms with Gasteiger partial charge in [0.2, 0.25) is 5.91 Å². The zero-order valence-electron chi connectivity index (χ0n) is 13.1. The summed E-state index contributed by atoms with van der Waals surface area (Å²) >= 11 is 0. The number of hydrogen-bond donors (Lipinski definition) is 1. The molecule has 0 bridgehead atoms. The van der Waals surface area contributed by atoms with Gasteiger partial charge in [0, 0.05) is 12.1 Å². The summed E-state index contributed by atoms with van der Waals surface area (Å²) in [5, 5.41) is 2.32. The molecule has 2 aromatic rings. The Bertz CT molecular complexity index is 747. The summed E-state index contributed by atoms with van der Waals surface area (Å²) in [6.45, 7) is 3.80. The molecule has 5 heteroatoms. The first-order chi connectivity index (χ1) is 10.9. The Hall–Kier alpha value is -2.69. The number of nitrogens with one attached hydrogen (secondary N) is 1. The summed E-state index contributed by atoms with van der Waals surface area (Å²) in [7, 11) is 1.59. The molecule has 0 saturated carbocycles. The number of ether oxygens (including phenoxy) is 1. The van der Waals surface area contributed by atoms with Gasteiger partial charge >= 0.3 is 0 Å². The van der Waals surface area contributed by atoms with Crippen molar-refractivity contribution in [3.8, 4) is 5.75 Å². The fourth-order valence-corrected chi connectivity index (χ4v) is 2.24.